The summed E-state index contributed by atoms with van der Waals surface area (Å²) in [7, 11) is 0. The highest BCUT2D eigenvalue weighted by atomic mass is 35.5. The van der Waals surface area contributed by atoms with Gasteiger partial charge in [0.1, 0.15) is 0 Å². The monoisotopic (exact) mass is 183 g/mol. The highest BCUT2D eigenvalue weighted by Crippen LogP contribution is 2.82. The van der Waals surface area contributed by atoms with Crippen molar-refractivity contribution in [2.45, 2.75) is 24.6 Å². The molecule has 0 radical (unpaired) electrons. The molecule has 2 bridgehead atoms. The number of alkyl halides is 1. The van der Waals surface area contributed by atoms with Gasteiger partial charge in [0.2, 0.25) is 0 Å². The summed E-state index contributed by atoms with van der Waals surface area (Å²) in [6.07, 6.45) is 0.896. The Morgan fingerprint density at radius 1 is 1.18 bits per heavy atom. The lowest BCUT2D eigenvalue weighted by molar-refractivity contribution is -0.0929. The third-order valence-corrected chi connectivity index (χ3v) is 3.73. The predicted molar refractivity (Wildman–Crippen MR) is 38.8 cm³/mol. The van der Waals surface area contributed by atoms with Crippen LogP contribution >= 0.6 is 11.6 Å². The smallest absolute Gasteiger partial charge is 0.449 e. The summed E-state index contributed by atoms with van der Waals surface area (Å²) in [5.74, 6) is 0.404. The summed E-state index contributed by atoms with van der Waals surface area (Å²) in [6.45, 7) is -4.60. The zero-order chi connectivity index (χ0) is 8.33. The summed E-state index contributed by atoms with van der Waals surface area (Å²) in [5.41, 5.74) is -0.112. The largest absolute Gasteiger partial charge is 0.484 e. The lowest BCUT2D eigenvalue weighted by atomic mass is 9.24. The van der Waals surface area contributed by atoms with E-state index in [1.807, 2.05) is 0 Å². The third kappa shape index (κ3) is 0.741. The molecular formula is C6H8BClF3-. The molecule has 5 heteroatoms. The maximum Gasteiger partial charge on any atom is 0.484 e. The van der Waals surface area contributed by atoms with Crippen molar-refractivity contribution in [3.05, 3.63) is 0 Å². The van der Waals surface area contributed by atoms with Crippen LogP contribution in [-0.2, 0) is 0 Å². The van der Waals surface area contributed by atoms with Crippen molar-refractivity contribution in [3.8, 4) is 0 Å². The van der Waals surface area contributed by atoms with Gasteiger partial charge in [-0.3, -0.25) is 0 Å². The van der Waals surface area contributed by atoms with Crippen molar-refractivity contribution in [1.29, 1.82) is 0 Å². The Morgan fingerprint density at radius 3 is 1.91 bits per heavy atom. The van der Waals surface area contributed by atoms with E-state index < -0.39 is 12.3 Å². The quantitative estimate of drug-likeness (QED) is 0.456. The predicted octanol–water partition coefficient (Wildman–Crippen LogP) is 3.00. The fourth-order valence-corrected chi connectivity index (χ4v) is 2.86. The molecule has 0 amide bonds. The van der Waals surface area contributed by atoms with E-state index in [-0.39, 0.29) is 5.41 Å². The minimum atomic E-state index is -4.60. The Bertz CT molecular complexity index is 181. The average Bonchev–Trinajstić information content (AvgIpc) is 1.53. The zero-order valence-electron chi connectivity index (χ0n) is 5.92. The van der Waals surface area contributed by atoms with Gasteiger partial charge < -0.3 is 12.9 Å². The summed E-state index contributed by atoms with van der Waals surface area (Å²) >= 11 is 5.53. The van der Waals surface area contributed by atoms with Crippen molar-refractivity contribution in [2.24, 2.45) is 5.41 Å². The van der Waals surface area contributed by atoms with Gasteiger partial charge in [-0.25, -0.2) is 0 Å². The second kappa shape index (κ2) is 1.73. The van der Waals surface area contributed by atoms with Crippen molar-refractivity contribution in [1.82, 2.24) is 0 Å². The number of halogens is 4. The minimum absolute atomic E-state index is 0.112. The van der Waals surface area contributed by atoms with E-state index in [0.717, 1.165) is 0 Å². The molecule has 11 heavy (non-hydrogen) atoms. The Hall–Kier alpha value is 0.145. The van der Waals surface area contributed by atoms with Gasteiger partial charge in [-0.05, 0) is 5.41 Å². The molecule has 3 rings (SSSR count). The lowest BCUT2D eigenvalue weighted by Crippen LogP contribution is -2.65. The molecule has 0 saturated heterocycles. The van der Waals surface area contributed by atoms with Crippen molar-refractivity contribution in [3.63, 3.8) is 0 Å². The highest BCUT2D eigenvalue weighted by Gasteiger charge is 2.73. The van der Waals surface area contributed by atoms with Gasteiger partial charge in [0.15, 0.2) is 0 Å². The molecule has 3 saturated carbocycles. The molecule has 0 nitrogen and oxygen atoms in total. The van der Waals surface area contributed by atoms with Crippen LogP contribution in [0.3, 0.4) is 0 Å². The Labute approximate surface area is 68.2 Å². The summed E-state index contributed by atoms with van der Waals surface area (Å²) in [4.78, 5) is 0. The van der Waals surface area contributed by atoms with E-state index in [9.17, 15) is 12.9 Å². The van der Waals surface area contributed by atoms with E-state index in [1.54, 1.807) is 0 Å². The first-order valence-corrected chi connectivity index (χ1v) is 4.22. The molecule has 0 heterocycles. The number of hydrogen-bond acceptors (Lipinski definition) is 0. The molecule has 0 aromatic carbocycles. The zero-order valence-corrected chi connectivity index (χ0v) is 6.67. The Kier molecular flexibility index (Phi) is 1.22. The van der Waals surface area contributed by atoms with Crippen molar-refractivity contribution in [2.75, 3.05) is 5.88 Å². The first kappa shape index (κ1) is 7.78. The molecule has 0 spiro atoms. The maximum atomic E-state index is 12.2. The normalized spacial score (nSPS) is 48.0. The molecule has 0 N–H and O–H groups in total. The second-order valence-electron chi connectivity index (χ2n) is 4.10. The fraction of sp³-hybridized carbons (Fsp3) is 1.00. The van der Waals surface area contributed by atoms with E-state index in [4.69, 9.17) is 11.6 Å². The standard InChI is InChI=1S/C6H8BClF3/c8-4-5-1-6(2-5,3-5)7(9,10)11/h1-4H2/q-1. The van der Waals surface area contributed by atoms with E-state index in [1.165, 1.54) is 0 Å². The topological polar surface area (TPSA) is 0 Å². The van der Waals surface area contributed by atoms with Crippen LogP contribution in [0, 0.1) is 5.41 Å². The molecule has 0 aromatic rings. The fourth-order valence-electron chi connectivity index (χ4n) is 2.57. The molecule has 0 aromatic heterocycles. The van der Waals surface area contributed by atoms with Crippen LogP contribution < -0.4 is 0 Å². The van der Waals surface area contributed by atoms with Crippen LogP contribution in [0.4, 0.5) is 12.9 Å². The second-order valence-corrected chi connectivity index (χ2v) is 4.37. The van der Waals surface area contributed by atoms with Crippen molar-refractivity contribution < 1.29 is 12.9 Å². The van der Waals surface area contributed by atoms with Crippen LogP contribution in [-0.4, -0.2) is 12.9 Å². The SMILES string of the molecule is F[B-](F)(F)C12CC(CCl)(C1)C2. The van der Waals surface area contributed by atoms with Crippen LogP contribution in [0.2, 0.25) is 5.31 Å². The minimum Gasteiger partial charge on any atom is -0.449 e. The van der Waals surface area contributed by atoms with Crippen LogP contribution in [0.15, 0.2) is 0 Å². The van der Waals surface area contributed by atoms with Crippen LogP contribution in [0.1, 0.15) is 19.3 Å². The average molecular weight is 183 g/mol. The van der Waals surface area contributed by atoms with Gasteiger partial charge >= 0.3 is 6.98 Å². The van der Waals surface area contributed by atoms with E-state index in [2.05, 4.69) is 0 Å². The molecule has 3 aliphatic carbocycles. The first-order chi connectivity index (χ1) is 4.93. The van der Waals surface area contributed by atoms with Gasteiger partial charge in [-0.2, -0.15) is 0 Å². The first-order valence-electron chi connectivity index (χ1n) is 3.69. The molecule has 3 aliphatic rings. The summed E-state index contributed by atoms with van der Waals surface area (Å²) < 4.78 is 36.7. The van der Waals surface area contributed by atoms with Gasteiger partial charge in [-0.15, -0.1) is 11.6 Å². The van der Waals surface area contributed by atoms with Gasteiger partial charge in [-0.1, -0.05) is 24.6 Å². The Morgan fingerprint density at radius 2 is 1.64 bits per heavy atom. The lowest BCUT2D eigenvalue weighted by Gasteiger charge is -2.75. The summed E-state index contributed by atoms with van der Waals surface area (Å²) in [5, 5.41) is -1.26. The number of rotatable bonds is 2. The molecule has 0 aliphatic heterocycles. The van der Waals surface area contributed by atoms with Crippen molar-refractivity contribution >= 4 is 18.6 Å². The van der Waals surface area contributed by atoms with E-state index in [0.29, 0.717) is 25.1 Å². The third-order valence-electron chi connectivity index (χ3n) is 3.16. The Balaban J connectivity index is 2.04. The van der Waals surface area contributed by atoms with Crippen LogP contribution in [0.5, 0.6) is 0 Å². The molecule has 64 valence electrons. The molecule has 0 unspecified atom stereocenters. The van der Waals surface area contributed by atoms with E-state index >= 15 is 0 Å². The highest BCUT2D eigenvalue weighted by molar-refractivity contribution is 6.63. The van der Waals surface area contributed by atoms with Gasteiger partial charge in [0.05, 0.1) is 0 Å². The number of hydrogen-bond donors (Lipinski definition) is 0. The maximum absolute atomic E-state index is 12.2. The van der Waals surface area contributed by atoms with Gasteiger partial charge in [0.25, 0.3) is 0 Å². The summed E-state index contributed by atoms with van der Waals surface area (Å²) in [6, 6.07) is 0. The van der Waals surface area contributed by atoms with Crippen LogP contribution in [0.25, 0.3) is 0 Å². The molecule has 3 fully saturated rings. The van der Waals surface area contributed by atoms with Gasteiger partial charge in [0, 0.05) is 5.88 Å². The molecular weight excluding hydrogens is 175 g/mol. The molecule has 0 atom stereocenters.